The van der Waals surface area contributed by atoms with E-state index in [1.54, 1.807) is 7.11 Å². The molecular formula is C22H20F3N3O2S. The highest BCUT2D eigenvalue weighted by atomic mass is 32.1. The van der Waals surface area contributed by atoms with E-state index < -0.39 is 18.3 Å². The quantitative estimate of drug-likeness (QED) is 0.421. The largest absolute Gasteiger partial charge is 0.497 e. The summed E-state index contributed by atoms with van der Waals surface area (Å²) < 4.78 is 46.3. The molecule has 0 unspecified atom stereocenters. The van der Waals surface area contributed by atoms with Gasteiger partial charge in [-0.05, 0) is 36.2 Å². The number of aliphatic hydroxyl groups is 1. The predicted molar refractivity (Wildman–Crippen MR) is 114 cm³/mol. The second kappa shape index (κ2) is 7.97. The summed E-state index contributed by atoms with van der Waals surface area (Å²) in [7, 11) is 1.59. The van der Waals surface area contributed by atoms with Crippen LogP contribution in [0.2, 0.25) is 0 Å². The van der Waals surface area contributed by atoms with Gasteiger partial charge in [0.25, 0.3) is 0 Å². The van der Waals surface area contributed by atoms with Crippen molar-refractivity contribution in [2.24, 2.45) is 0 Å². The van der Waals surface area contributed by atoms with Gasteiger partial charge in [-0.2, -0.15) is 18.3 Å². The number of hydrogen-bond acceptors (Lipinski definition) is 5. The van der Waals surface area contributed by atoms with Crippen LogP contribution in [0.15, 0.2) is 42.5 Å². The molecule has 1 N–H and O–H groups in total. The van der Waals surface area contributed by atoms with Gasteiger partial charge in [0, 0.05) is 15.8 Å². The molecule has 2 aromatic heterocycles. The van der Waals surface area contributed by atoms with Gasteiger partial charge < -0.3 is 9.84 Å². The van der Waals surface area contributed by atoms with Crippen LogP contribution in [0, 0.1) is 0 Å². The minimum absolute atomic E-state index is 0.170. The van der Waals surface area contributed by atoms with Crippen LogP contribution >= 0.6 is 11.3 Å². The maximum Gasteiger partial charge on any atom is 0.416 e. The highest BCUT2D eigenvalue weighted by molar-refractivity contribution is 7.14. The van der Waals surface area contributed by atoms with Crippen LogP contribution in [0.5, 0.6) is 5.75 Å². The summed E-state index contributed by atoms with van der Waals surface area (Å²) in [5.41, 5.74) is 1.50. The molecule has 0 radical (unpaired) electrons. The van der Waals surface area contributed by atoms with E-state index in [0.29, 0.717) is 16.4 Å². The average molecular weight is 447 g/mol. The number of alkyl halides is 3. The predicted octanol–water partition coefficient (Wildman–Crippen LogP) is 5.79. The number of nitrogens with zero attached hydrogens (tertiary/aromatic N) is 3. The maximum atomic E-state index is 13.2. The first-order chi connectivity index (χ1) is 14.7. The summed E-state index contributed by atoms with van der Waals surface area (Å²) in [5, 5.41) is 14.8. The van der Waals surface area contributed by atoms with Crippen molar-refractivity contribution in [3.63, 3.8) is 0 Å². The van der Waals surface area contributed by atoms with E-state index in [2.05, 4.69) is 18.9 Å². The molecule has 4 aromatic rings. The molecule has 162 valence electrons. The third-order valence-electron chi connectivity index (χ3n) is 4.92. The number of fused-ring (bicyclic) bond motifs is 1. The lowest BCUT2D eigenvalue weighted by Gasteiger charge is -2.06. The number of hydrogen-bond donors (Lipinski definition) is 1. The number of thiazole rings is 1. The fourth-order valence-corrected chi connectivity index (χ4v) is 4.45. The summed E-state index contributed by atoms with van der Waals surface area (Å²) in [4.78, 5) is 5.79. The van der Waals surface area contributed by atoms with Crippen molar-refractivity contribution in [3.05, 3.63) is 58.6 Å². The second-order valence-corrected chi connectivity index (χ2v) is 8.35. The number of rotatable bonds is 5. The Labute approximate surface area is 180 Å². The monoisotopic (exact) mass is 447 g/mol. The highest BCUT2D eigenvalue weighted by Crippen LogP contribution is 2.38. The Hall–Kier alpha value is -2.91. The molecule has 0 aliphatic carbocycles. The second-order valence-electron chi connectivity index (χ2n) is 7.34. The van der Waals surface area contributed by atoms with Crippen LogP contribution in [0.4, 0.5) is 13.2 Å². The van der Waals surface area contributed by atoms with Gasteiger partial charge in [-0.1, -0.05) is 37.3 Å². The van der Waals surface area contributed by atoms with E-state index in [1.165, 1.54) is 22.1 Å². The Kier molecular flexibility index (Phi) is 5.49. The summed E-state index contributed by atoms with van der Waals surface area (Å²) in [6.45, 7) is 3.63. The third kappa shape index (κ3) is 3.90. The molecule has 0 spiro atoms. The van der Waals surface area contributed by atoms with E-state index >= 15 is 0 Å². The molecule has 0 saturated heterocycles. The minimum Gasteiger partial charge on any atom is -0.497 e. The van der Waals surface area contributed by atoms with Crippen molar-refractivity contribution in [3.8, 4) is 22.1 Å². The zero-order valence-corrected chi connectivity index (χ0v) is 17.9. The zero-order chi connectivity index (χ0) is 22.3. The maximum absolute atomic E-state index is 13.2. The van der Waals surface area contributed by atoms with Gasteiger partial charge in [0.2, 0.25) is 5.13 Å². The van der Waals surface area contributed by atoms with E-state index in [1.807, 2.05) is 24.3 Å². The molecule has 9 heteroatoms. The van der Waals surface area contributed by atoms with Crippen molar-refractivity contribution in [2.45, 2.75) is 32.5 Å². The smallest absolute Gasteiger partial charge is 0.416 e. The highest BCUT2D eigenvalue weighted by Gasteiger charge is 2.31. The number of benzene rings is 2. The Balaban J connectivity index is 1.90. The number of aliphatic hydroxyl groups excluding tert-OH is 1. The van der Waals surface area contributed by atoms with Crippen LogP contribution in [0.1, 0.15) is 35.9 Å². The van der Waals surface area contributed by atoms with Gasteiger partial charge >= 0.3 is 6.18 Å². The molecule has 0 amide bonds. The van der Waals surface area contributed by atoms with Crippen LogP contribution in [-0.4, -0.2) is 27.0 Å². The van der Waals surface area contributed by atoms with Crippen molar-refractivity contribution >= 4 is 22.2 Å². The standard InChI is InChI=1S/C22H20F3N3O2S/c1-12(2)20-19(13-5-4-6-15(9-13)30-3)26-21(31-20)28-18-8-7-14(22(23,24)25)10-16(18)17(11-29)27-28/h4-10,12,29H,11H2,1-3H3. The molecule has 2 aromatic carbocycles. The molecular weight excluding hydrogens is 427 g/mol. The molecule has 0 fully saturated rings. The molecule has 2 heterocycles. The van der Waals surface area contributed by atoms with E-state index in [4.69, 9.17) is 9.72 Å². The Morgan fingerprint density at radius 3 is 2.58 bits per heavy atom. The number of halogens is 3. The normalized spacial score (nSPS) is 12.1. The molecule has 31 heavy (non-hydrogen) atoms. The fraction of sp³-hybridized carbons (Fsp3) is 0.273. The first kappa shape index (κ1) is 21.3. The van der Waals surface area contributed by atoms with Gasteiger partial charge in [-0.3, -0.25) is 0 Å². The van der Waals surface area contributed by atoms with Gasteiger partial charge in [-0.15, -0.1) is 0 Å². The lowest BCUT2D eigenvalue weighted by Crippen LogP contribution is -2.04. The lowest BCUT2D eigenvalue weighted by atomic mass is 10.1. The summed E-state index contributed by atoms with van der Waals surface area (Å²) in [5.74, 6) is 0.872. The van der Waals surface area contributed by atoms with Crippen LogP contribution in [0.3, 0.4) is 0 Å². The first-order valence-corrected chi connectivity index (χ1v) is 10.4. The van der Waals surface area contributed by atoms with Crippen molar-refractivity contribution in [1.29, 1.82) is 0 Å². The lowest BCUT2D eigenvalue weighted by molar-refractivity contribution is -0.137. The average Bonchev–Trinajstić information content (AvgIpc) is 3.34. The van der Waals surface area contributed by atoms with Crippen LogP contribution in [0.25, 0.3) is 27.3 Å². The van der Waals surface area contributed by atoms with Crippen LogP contribution in [-0.2, 0) is 12.8 Å². The van der Waals surface area contributed by atoms with Crippen molar-refractivity contribution < 1.29 is 23.0 Å². The summed E-state index contributed by atoms with van der Waals surface area (Å²) in [6.07, 6.45) is -4.48. The molecule has 0 aliphatic rings. The van der Waals surface area contributed by atoms with Crippen molar-refractivity contribution in [2.75, 3.05) is 7.11 Å². The molecule has 5 nitrogen and oxygen atoms in total. The minimum atomic E-state index is -4.48. The van der Waals surface area contributed by atoms with Gasteiger partial charge in [0.05, 0.1) is 36.2 Å². The number of aromatic nitrogens is 3. The SMILES string of the molecule is COc1cccc(-c2nc(-n3nc(CO)c4cc(C(F)(F)F)ccc43)sc2C(C)C)c1. The van der Waals surface area contributed by atoms with E-state index in [0.717, 1.165) is 28.3 Å². The Morgan fingerprint density at radius 1 is 1.16 bits per heavy atom. The topological polar surface area (TPSA) is 60.2 Å². The number of methoxy groups -OCH3 is 1. The van der Waals surface area contributed by atoms with Gasteiger partial charge in [-0.25, -0.2) is 9.67 Å². The molecule has 0 bridgehead atoms. The van der Waals surface area contributed by atoms with E-state index in [9.17, 15) is 18.3 Å². The molecule has 0 atom stereocenters. The summed E-state index contributed by atoms with van der Waals surface area (Å²) >= 11 is 1.42. The number of ether oxygens (including phenoxy) is 1. The van der Waals surface area contributed by atoms with Gasteiger partial charge in [0.1, 0.15) is 5.75 Å². The Morgan fingerprint density at radius 2 is 1.94 bits per heavy atom. The molecule has 0 aliphatic heterocycles. The van der Waals surface area contributed by atoms with Gasteiger partial charge in [0.15, 0.2) is 0 Å². The first-order valence-electron chi connectivity index (χ1n) is 9.58. The van der Waals surface area contributed by atoms with Crippen molar-refractivity contribution in [1.82, 2.24) is 14.8 Å². The molecule has 0 saturated carbocycles. The van der Waals surface area contributed by atoms with Crippen LogP contribution < -0.4 is 4.74 Å². The molecule has 4 rings (SSSR count). The fourth-order valence-electron chi connectivity index (χ4n) is 3.40. The summed E-state index contributed by atoms with van der Waals surface area (Å²) in [6, 6.07) is 10.9. The Bertz CT molecular complexity index is 1240. The zero-order valence-electron chi connectivity index (χ0n) is 17.1. The third-order valence-corrected chi connectivity index (χ3v) is 6.26. The van der Waals surface area contributed by atoms with E-state index in [-0.39, 0.29) is 17.0 Å².